The molecule has 0 aliphatic heterocycles. The van der Waals surface area contributed by atoms with Crippen molar-refractivity contribution in [1.29, 1.82) is 0 Å². The fraction of sp³-hybridized carbons (Fsp3) is 0.333. The van der Waals surface area contributed by atoms with Gasteiger partial charge in [-0.15, -0.1) is 6.42 Å². The van der Waals surface area contributed by atoms with Crippen LogP contribution < -0.4 is 0 Å². The van der Waals surface area contributed by atoms with Crippen molar-refractivity contribution in [2.75, 3.05) is 20.6 Å². The summed E-state index contributed by atoms with van der Waals surface area (Å²) in [7, 11) is 1.31. The first-order valence-corrected chi connectivity index (χ1v) is 11.7. The van der Waals surface area contributed by atoms with Gasteiger partial charge in [0.05, 0.1) is 22.5 Å². The Morgan fingerprint density at radius 3 is 2.47 bits per heavy atom. The van der Waals surface area contributed by atoms with Crippen LogP contribution in [0.3, 0.4) is 0 Å². The second-order valence-electron chi connectivity index (χ2n) is 7.96. The van der Waals surface area contributed by atoms with E-state index in [9.17, 15) is 13.2 Å². The van der Waals surface area contributed by atoms with E-state index in [0.717, 1.165) is 16.6 Å². The number of imidazole rings is 1. The van der Waals surface area contributed by atoms with Gasteiger partial charge in [0.15, 0.2) is 0 Å². The molecule has 0 saturated carbocycles. The third-order valence-corrected chi connectivity index (χ3v) is 7.23. The Bertz CT molecular complexity index is 1270. The SMILES string of the molecule is C#CCN(Cc1ccc(C)cc1)C(=O)CCc1nc2cc(S(=O)(=O)N(C)C)ccc2n1C. The number of nitrogens with zero attached hydrogens (tertiary/aromatic N) is 4. The largest absolute Gasteiger partial charge is 0.331 e. The number of benzene rings is 2. The quantitative estimate of drug-likeness (QED) is 0.493. The summed E-state index contributed by atoms with van der Waals surface area (Å²) in [5.41, 5.74) is 3.58. The Labute approximate surface area is 189 Å². The number of aromatic nitrogens is 2. The molecule has 0 radical (unpaired) electrons. The van der Waals surface area contributed by atoms with E-state index in [1.54, 1.807) is 23.1 Å². The number of carbonyl (C=O) groups excluding carboxylic acids is 1. The number of aryl methyl sites for hydroxylation is 3. The van der Waals surface area contributed by atoms with E-state index in [0.29, 0.717) is 24.3 Å². The van der Waals surface area contributed by atoms with Crippen LogP contribution in [0.1, 0.15) is 23.4 Å². The molecule has 3 aromatic rings. The second kappa shape index (κ2) is 9.55. The summed E-state index contributed by atoms with van der Waals surface area (Å²) in [5.74, 6) is 3.23. The highest BCUT2D eigenvalue weighted by Crippen LogP contribution is 2.22. The number of hydrogen-bond donors (Lipinski definition) is 0. The number of hydrogen-bond acceptors (Lipinski definition) is 4. The fourth-order valence-electron chi connectivity index (χ4n) is 3.46. The molecule has 0 bridgehead atoms. The Hall–Kier alpha value is -3.15. The molecule has 0 spiro atoms. The van der Waals surface area contributed by atoms with E-state index >= 15 is 0 Å². The van der Waals surface area contributed by atoms with Gasteiger partial charge >= 0.3 is 0 Å². The van der Waals surface area contributed by atoms with Gasteiger partial charge < -0.3 is 9.47 Å². The standard InChI is InChI=1S/C24H28N4O3S/c1-6-15-28(17-19-9-7-18(2)8-10-19)24(29)14-13-23-25-21-16-20(32(30,31)26(3)4)11-12-22(21)27(23)5/h1,7-12,16H,13-15,17H2,2-5H3. The lowest BCUT2D eigenvalue weighted by atomic mass is 10.1. The minimum Gasteiger partial charge on any atom is -0.331 e. The molecular formula is C24H28N4O3S. The first kappa shape index (κ1) is 23.5. The highest BCUT2D eigenvalue weighted by molar-refractivity contribution is 7.89. The maximum atomic E-state index is 12.9. The molecule has 0 saturated heterocycles. The topological polar surface area (TPSA) is 75.5 Å². The first-order valence-electron chi connectivity index (χ1n) is 10.3. The van der Waals surface area contributed by atoms with E-state index in [1.807, 2.05) is 42.8 Å². The average Bonchev–Trinajstić information content (AvgIpc) is 3.08. The molecule has 8 heteroatoms. The molecule has 168 valence electrons. The zero-order chi connectivity index (χ0) is 23.5. The van der Waals surface area contributed by atoms with Crippen LogP contribution in [0.2, 0.25) is 0 Å². The van der Waals surface area contributed by atoms with Gasteiger partial charge in [0, 0.05) is 40.5 Å². The van der Waals surface area contributed by atoms with Gasteiger partial charge in [0.1, 0.15) is 5.82 Å². The second-order valence-corrected chi connectivity index (χ2v) is 10.1. The minimum absolute atomic E-state index is 0.0496. The molecule has 1 amide bonds. The molecule has 0 atom stereocenters. The van der Waals surface area contributed by atoms with Crippen LogP contribution in [-0.4, -0.2) is 53.7 Å². The summed E-state index contributed by atoms with van der Waals surface area (Å²) < 4.78 is 27.9. The van der Waals surface area contributed by atoms with Gasteiger partial charge in [-0.3, -0.25) is 4.79 Å². The molecule has 1 aromatic heterocycles. The Balaban J connectivity index is 1.76. The third-order valence-electron chi connectivity index (χ3n) is 5.41. The van der Waals surface area contributed by atoms with Crippen molar-refractivity contribution < 1.29 is 13.2 Å². The molecule has 7 nitrogen and oxygen atoms in total. The normalized spacial score (nSPS) is 11.6. The summed E-state index contributed by atoms with van der Waals surface area (Å²) in [6, 6.07) is 12.9. The zero-order valence-electron chi connectivity index (χ0n) is 18.9. The Morgan fingerprint density at radius 2 is 1.84 bits per heavy atom. The molecule has 0 aliphatic rings. The van der Waals surface area contributed by atoms with Gasteiger partial charge in [0.2, 0.25) is 15.9 Å². The Kier molecular flexibility index (Phi) is 7.02. The lowest BCUT2D eigenvalue weighted by Crippen LogP contribution is -2.31. The molecule has 32 heavy (non-hydrogen) atoms. The number of carbonyl (C=O) groups is 1. The molecule has 3 rings (SSSR count). The lowest BCUT2D eigenvalue weighted by molar-refractivity contribution is -0.131. The summed E-state index contributed by atoms with van der Waals surface area (Å²) in [4.78, 5) is 19.3. The maximum Gasteiger partial charge on any atom is 0.242 e. The molecule has 0 N–H and O–H groups in total. The van der Waals surface area contributed by atoms with Gasteiger partial charge in [-0.25, -0.2) is 17.7 Å². The van der Waals surface area contributed by atoms with Gasteiger partial charge in [-0.2, -0.15) is 0 Å². The highest BCUT2D eigenvalue weighted by Gasteiger charge is 2.20. The van der Waals surface area contributed by atoms with Crippen molar-refractivity contribution in [3.8, 4) is 12.3 Å². The van der Waals surface area contributed by atoms with Crippen molar-refractivity contribution in [2.24, 2.45) is 7.05 Å². The van der Waals surface area contributed by atoms with Crippen LogP contribution in [0.25, 0.3) is 11.0 Å². The predicted octanol–water partition coefficient (Wildman–Crippen LogP) is 2.73. The maximum absolute atomic E-state index is 12.9. The number of terminal acetylenes is 1. The molecule has 0 unspecified atom stereocenters. The van der Waals surface area contributed by atoms with E-state index < -0.39 is 10.0 Å². The average molecular weight is 453 g/mol. The number of amides is 1. The number of rotatable bonds is 8. The summed E-state index contributed by atoms with van der Waals surface area (Å²) in [6.45, 7) is 2.71. The molecule has 1 heterocycles. The van der Waals surface area contributed by atoms with Crippen molar-refractivity contribution in [1.82, 2.24) is 18.8 Å². The lowest BCUT2D eigenvalue weighted by Gasteiger charge is -2.20. The van der Waals surface area contributed by atoms with Gasteiger partial charge in [0.25, 0.3) is 0 Å². The predicted molar refractivity (Wildman–Crippen MR) is 125 cm³/mol. The van der Waals surface area contributed by atoms with Crippen molar-refractivity contribution in [3.05, 3.63) is 59.4 Å². The fourth-order valence-corrected chi connectivity index (χ4v) is 4.38. The van der Waals surface area contributed by atoms with Crippen molar-refractivity contribution in [2.45, 2.75) is 31.2 Å². The van der Waals surface area contributed by atoms with Crippen molar-refractivity contribution >= 4 is 27.0 Å². The Morgan fingerprint density at radius 1 is 1.16 bits per heavy atom. The first-order chi connectivity index (χ1) is 15.1. The van der Waals surface area contributed by atoms with Crippen LogP contribution in [0.5, 0.6) is 0 Å². The van der Waals surface area contributed by atoms with Crippen LogP contribution in [-0.2, 0) is 34.8 Å². The summed E-state index contributed by atoms with van der Waals surface area (Å²) in [5, 5.41) is 0. The van der Waals surface area contributed by atoms with Crippen LogP contribution in [0, 0.1) is 19.3 Å². The monoisotopic (exact) mass is 452 g/mol. The van der Waals surface area contributed by atoms with Gasteiger partial charge in [-0.05, 0) is 30.7 Å². The summed E-state index contributed by atoms with van der Waals surface area (Å²) >= 11 is 0. The smallest absolute Gasteiger partial charge is 0.242 e. The van der Waals surface area contributed by atoms with Crippen LogP contribution >= 0.6 is 0 Å². The van der Waals surface area contributed by atoms with Gasteiger partial charge in [-0.1, -0.05) is 35.7 Å². The third kappa shape index (κ3) is 5.01. The zero-order valence-corrected chi connectivity index (χ0v) is 19.7. The number of fused-ring (bicyclic) bond motifs is 1. The molecular weight excluding hydrogens is 424 g/mol. The van der Waals surface area contributed by atoms with E-state index in [4.69, 9.17) is 6.42 Å². The van der Waals surface area contributed by atoms with Crippen molar-refractivity contribution in [3.63, 3.8) is 0 Å². The van der Waals surface area contributed by atoms with E-state index in [-0.39, 0.29) is 23.8 Å². The summed E-state index contributed by atoms with van der Waals surface area (Å²) in [6.07, 6.45) is 6.17. The molecule has 2 aromatic carbocycles. The number of sulfonamides is 1. The molecule has 0 fully saturated rings. The van der Waals surface area contributed by atoms with E-state index in [2.05, 4.69) is 10.9 Å². The minimum atomic E-state index is -3.54. The van der Waals surface area contributed by atoms with Crippen LogP contribution in [0.15, 0.2) is 47.4 Å². The molecule has 0 aliphatic carbocycles. The highest BCUT2D eigenvalue weighted by atomic mass is 32.2. The van der Waals surface area contributed by atoms with Crippen LogP contribution in [0.4, 0.5) is 0 Å². The van der Waals surface area contributed by atoms with E-state index in [1.165, 1.54) is 18.4 Å².